The van der Waals surface area contributed by atoms with E-state index in [2.05, 4.69) is 22.9 Å². The number of aromatic carboxylic acids is 1. The van der Waals surface area contributed by atoms with E-state index in [1.165, 1.54) is 18.2 Å². The second-order valence-corrected chi connectivity index (χ2v) is 7.29. The standard InChI is InChI=1S/C13H17BrO4S/c1-2-3-4-5-8-19(17,18)10-6-7-12(14)11(9-10)13(15)16/h6-7,9H,2-5,8H2,1H3,(H,15,16). The molecule has 1 N–H and O–H groups in total. The molecule has 0 aliphatic heterocycles. The minimum Gasteiger partial charge on any atom is -0.478 e. The molecule has 106 valence electrons. The van der Waals surface area contributed by atoms with Crippen LogP contribution in [-0.4, -0.2) is 25.2 Å². The molecule has 0 aliphatic carbocycles. The Morgan fingerprint density at radius 3 is 2.53 bits per heavy atom. The normalized spacial score (nSPS) is 11.5. The van der Waals surface area contributed by atoms with E-state index in [0.717, 1.165) is 19.3 Å². The molecule has 0 bridgehead atoms. The van der Waals surface area contributed by atoms with Gasteiger partial charge in [-0.2, -0.15) is 0 Å². The third kappa shape index (κ3) is 4.62. The third-order valence-electron chi connectivity index (χ3n) is 2.79. The highest BCUT2D eigenvalue weighted by Crippen LogP contribution is 2.22. The molecular weight excluding hydrogens is 332 g/mol. The lowest BCUT2D eigenvalue weighted by molar-refractivity contribution is 0.0695. The Bertz CT molecular complexity index is 552. The number of carboxylic acids is 1. The van der Waals surface area contributed by atoms with Crippen molar-refractivity contribution in [1.29, 1.82) is 0 Å². The average Bonchev–Trinajstić information content (AvgIpc) is 2.34. The van der Waals surface area contributed by atoms with Gasteiger partial charge in [-0.1, -0.05) is 26.2 Å². The first-order valence-electron chi connectivity index (χ1n) is 6.14. The second kappa shape index (κ2) is 7.05. The largest absolute Gasteiger partial charge is 0.478 e. The van der Waals surface area contributed by atoms with E-state index in [9.17, 15) is 13.2 Å². The van der Waals surface area contributed by atoms with Gasteiger partial charge in [0, 0.05) is 4.47 Å². The van der Waals surface area contributed by atoms with E-state index in [1.54, 1.807) is 0 Å². The highest BCUT2D eigenvalue weighted by Gasteiger charge is 2.17. The van der Waals surface area contributed by atoms with Crippen molar-refractivity contribution in [3.8, 4) is 0 Å². The van der Waals surface area contributed by atoms with Crippen molar-refractivity contribution in [2.75, 3.05) is 5.75 Å². The maximum Gasteiger partial charge on any atom is 0.336 e. The van der Waals surface area contributed by atoms with Crippen LogP contribution in [0.15, 0.2) is 27.6 Å². The number of halogens is 1. The van der Waals surface area contributed by atoms with Gasteiger partial charge in [0.1, 0.15) is 0 Å². The molecule has 6 heteroatoms. The molecule has 0 unspecified atom stereocenters. The van der Waals surface area contributed by atoms with Crippen LogP contribution in [0.25, 0.3) is 0 Å². The number of hydrogen-bond acceptors (Lipinski definition) is 3. The van der Waals surface area contributed by atoms with Gasteiger partial charge in [0.25, 0.3) is 0 Å². The maximum absolute atomic E-state index is 12.1. The first kappa shape index (κ1) is 16.2. The zero-order chi connectivity index (χ0) is 14.5. The van der Waals surface area contributed by atoms with Crippen molar-refractivity contribution in [3.05, 3.63) is 28.2 Å². The molecule has 1 aromatic carbocycles. The summed E-state index contributed by atoms with van der Waals surface area (Å²) in [4.78, 5) is 11.0. The Balaban J connectivity index is 2.89. The summed E-state index contributed by atoms with van der Waals surface area (Å²) in [6.45, 7) is 2.06. The van der Waals surface area contributed by atoms with Crippen LogP contribution in [0.4, 0.5) is 0 Å². The lowest BCUT2D eigenvalue weighted by atomic mass is 10.2. The van der Waals surface area contributed by atoms with Crippen LogP contribution >= 0.6 is 15.9 Å². The zero-order valence-electron chi connectivity index (χ0n) is 10.7. The Hall–Kier alpha value is -0.880. The lowest BCUT2D eigenvalue weighted by Gasteiger charge is -2.06. The van der Waals surface area contributed by atoms with Crippen molar-refractivity contribution >= 4 is 31.7 Å². The number of rotatable bonds is 7. The van der Waals surface area contributed by atoms with Crippen molar-refractivity contribution in [1.82, 2.24) is 0 Å². The molecule has 0 atom stereocenters. The number of carboxylic acid groups (broad SMARTS) is 1. The summed E-state index contributed by atoms with van der Waals surface area (Å²) < 4.78 is 24.5. The highest BCUT2D eigenvalue weighted by atomic mass is 79.9. The topological polar surface area (TPSA) is 71.4 Å². The molecule has 1 rings (SSSR count). The van der Waals surface area contributed by atoms with Gasteiger partial charge in [-0.3, -0.25) is 0 Å². The summed E-state index contributed by atoms with van der Waals surface area (Å²) in [5, 5.41) is 8.98. The van der Waals surface area contributed by atoms with Gasteiger partial charge in [0.05, 0.1) is 16.2 Å². The van der Waals surface area contributed by atoms with Crippen molar-refractivity contribution in [2.45, 2.75) is 37.5 Å². The lowest BCUT2D eigenvalue weighted by Crippen LogP contribution is -2.09. The van der Waals surface area contributed by atoms with Gasteiger partial charge >= 0.3 is 5.97 Å². The Labute approximate surface area is 121 Å². The van der Waals surface area contributed by atoms with Crippen molar-refractivity contribution < 1.29 is 18.3 Å². The Kier molecular flexibility index (Phi) is 6.00. The fourth-order valence-electron chi connectivity index (χ4n) is 1.70. The summed E-state index contributed by atoms with van der Waals surface area (Å²) in [6.07, 6.45) is 3.53. The molecule has 0 fully saturated rings. The predicted octanol–water partition coefficient (Wildman–Crippen LogP) is 3.50. The van der Waals surface area contributed by atoms with E-state index >= 15 is 0 Å². The molecule has 0 saturated carbocycles. The third-order valence-corrected chi connectivity index (χ3v) is 5.28. The fourth-order valence-corrected chi connectivity index (χ4v) is 3.51. The number of benzene rings is 1. The number of carbonyl (C=O) groups is 1. The summed E-state index contributed by atoms with van der Waals surface area (Å²) in [7, 11) is -3.40. The van der Waals surface area contributed by atoms with Gasteiger partial charge in [-0.15, -0.1) is 0 Å². The number of hydrogen-bond donors (Lipinski definition) is 1. The van der Waals surface area contributed by atoms with Crippen LogP contribution in [0.1, 0.15) is 43.0 Å². The van der Waals surface area contributed by atoms with Gasteiger partial charge in [-0.25, -0.2) is 13.2 Å². The summed E-state index contributed by atoms with van der Waals surface area (Å²) >= 11 is 3.10. The number of sulfone groups is 1. The smallest absolute Gasteiger partial charge is 0.336 e. The molecule has 0 amide bonds. The SMILES string of the molecule is CCCCCCS(=O)(=O)c1ccc(Br)c(C(=O)O)c1. The predicted molar refractivity (Wildman–Crippen MR) is 77.3 cm³/mol. The quantitative estimate of drug-likeness (QED) is 0.765. The molecule has 0 aliphatic rings. The maximum atomic E-state index is 12.1. The van der Waals surface area contributed by atoms with Crippen molar-refractivity contribution in [3.63, 3.8) is 0 Å². The molecule has 19 heavy (non-hydrogen) atoms. The van der Waals surface area contributed by atoms with Crippen LogP contribution in [0.2, 0.25) is 0 Å². The van der Waals surface area contributed by atoms with Crippen LogP contribution in [0, 0.1) is 0 Å². The molecule has 1 aromatic rings. The molecule has 0 radical (unpaired) electrons. The minimum absolute atomic E-state index is 0.0327. The summed E-state index contributed by atoms with van der Waals surface area (Å²) in [5.74, 6) is -1.08. The van der Waals surface area contributed by atoms with Crippen molar-refractivity contribution in [2.24, 2.45) is 0 Å². The average molecular weight is 349 g/mol. The van der Waals surface area contributed by atoms with Crippen LogP contribution in [0.3, 0.4) is 0 Å². The first-order chi connectivity index (χ1) is 8.88. The fraction of sp³-hybridized carbons (Fsp3) is 0.462. The van der Waals surface area contributed by atoms with E-state index in [0.29, 0.717) is 10.9 Å². The van der Waals surface area contributed by atoms with Gasteiger partial charge in [0.15, 0.2) is 9.84 Å². The molecule has 0 heterocycles. The zero-order valence-corrected chi connectivity index (χ0v) is 13.1. The number of unbranched alkanes of at least 4 members (excludes halogenated alkanes) is 3. The molecule has 0 spiro atoms. The van der Waals surface area contributed by atoms with E-state index in [-0.39, 0.29) is 16.2 Å². The molecule has 0 aromatic heterocycles. The van der Waals surface area contributed by atoms with Gasteiger partial charge in [-0.05, 0) is 40.5 Å². The van der Waals surface area contributed by atoms with E-state index in [1.807, 2.05) is 0 Å². The molecular formula is C13H17BrO4S. The Morgan fingerprint density at radius 1 is 1.26 bits per heavy atom. The van der Waals surface area contributed by atoms with Crippen LogP contribution < -0.4 is 0 Å². The van der Waals surface area contributed by atoms with E-state index in [4.69, 9.17) is 5.11 Å². The minimum atomic E-state index is -3.40. The highest BCUT2D eigenvalue weighted by molar-refractivity contribution is 9.10. The van der Waals surface area contributed by atoms with Crippen LogP contribution in [0.5, 0.6) is 0 Å². The Morgan fingerprint density at radius 2 is 1.95 bits per heavy atom. The van der Waals surface area contributed by atoms with Gasteiger partial charge < -0.3 is 5.11 Å². The summed E-state index contributed by atoms with van der Waals surface area (Å²) in [6, 6.07) is 4.11. The van der Waals surface area contributed by atoms with E-state index < -0.39 is 15.8 Å². The first-order valence-corrected chi connectivity index (χ1v) is 8.58. The molecule has 0 saturated heterocycles. The monoisotopic (exact) mass is 348 g/mol. The van der Waals surface area contributed by atoms with Crippen LogP contribution in [-0.2, 0) is 9.84 Å². The van der Waals surface area contributed by atoms with Gasteiger partial charge in [0.2, 0.25) is 0 Å². The molecule has 4 nitrogen and oxygen atoms in total. The second-order valence-electron chi connectivity index (χ2n) is 4.33. The summed E-state index contributed by atoms with van der Waals surface area (Å²) in [5.41, 5.74) is -0.0327.